The number of amides is 1. The highest BCUT2D eigenvalue weighted by Crippen LogP contribution is 2.00. The zero-order chi connectivity index (χ0) is 14.8. The van der Waals surface area contributed by atoms with E-state index in [1.54, 1.807) is 0 Å². The smallest absolute Gasteiger partial charge is 0.329 e. The average molecular weight is 270 g/mol. The van der Waals surface area contributed by atoms with Crippen molar-refractivity contribution in [2.24, 2.45) is 5.73 Å². The molecule has 0 aliphatic rings. The number of hydrogen-bond donors (Lipinski definition) is 2. The zero-order valence-corrected chi connectivity index (χ0v) is 11.0. The molecule has 7 nitrogen and oxygen atoms in total. The number of terminal acetylenes is 1. The van der Waals surface area contributed by atoms with E-state index in [2.05, 4.69) is 20.7 Å². The molecule has 0 radical (unpaired) electrons. The standard InChI is InChI=1S/C12H18N2O5/c1-4-5-9(12(17)19-3)14-10(15)7-6-8(13)11(16)18-2/h1,8-9H,5-7,13H2,2-3H3,(H,14,15)/t8-,9?/m0/s1. The van der Waals surface area contributed by atoms with Gasteiger partial charge in [-0.2, -0.15) is 0 Å². The highest BCUT2D eigenvalue weighted by Gasteiger charge is 2.21. The van der Waals surface area contributed by atoms with Crippen molar-refractivity contribution in [1.82, 2.24) is 5.32 Å². The molecule has 7 heteroatoms. The molecule has 1 unspecified atom stereocenters. The number of nitrogens with two attached hydrogens (primary N) is 1. The number of esters is 2. The Labute approximate surface area is 111 Å². The molecule has 1 amide bonds. The summed E-state index contributed by atoms with van der Waals surface area (Å²) in [4.78, 5) is 33.9. The second kappa shape index (κ2) is 8.94. The lowest BCUT2D eigenvalue weighted by atomic mass is 10.1. The third kappa shape index (κ3) is 6.43. The first-order valence-electron chi connectivity index (χ1n) is 5.60. The van der Waals surface area contributed by atoms with Gasteiger partial charge in [0, 0.05) is 12.8 Å². The Kier molecular flexibility index (Phi) is 7.97. The highest BCUT2D eigenvalue weighted by molar-refractivity contribution is 5.85. The van der Waals surface area contributed by atoms with E-state index in [0.29, 0.717) is 0 Å². The van der Waals surface area contributed by atoms with E-state index in [1.165, 1.54) is 14.2 Å². The quantitative estimate of drug-likeness (QED) is 0.451. The number of ether oxygens (including phenoxy) is 2. The summed E-state index contributed by atoms with van der Waals surface area (Å²) in [5.74, 6) is 0.608. The molecule has 19 heavy (non-hydrogen) atoms. The third-order valence-corrected chi connectivity index (χ3v) is 2.33. The normalized spacial score (nSPS) is 12.7. The van der Waals surface area contributed by atoms with Gasteiger partial charge in [-0.25, -0.2) is 4.79 Å². The molecule has 2 atom stereocenters. The van der Waals surface area contributed by atoms with Crippen LogP contribution in [0, 0.1) is 12.3 Å². The first kappa shape index (κ1) is 16.9. The fourth-order valence-corrected chi connectivity index (χ4v) is 1.28. The van der Waals surface area contributed by atoms with Gasteiger partial charge in [0.05, 0.1) is 14.2 Å². The van der Waals surface area contributed by atoms with Gasteiger partial charge < -0.3 is 20.5 Å². The minimum absolute atomic E-state index is 0.0195. The Bertz CT molecular complexity index is 375. The van der Waals surface area contributed by atoms with Gasteiger partial charge in [-0.3, -0.25) is 9.59 Å². The predicted molar refractivity (Wildman–Crippen MR) is 66.6 cm³/mol. The van der Waals surface area contributed by atoms with Crippen LogP contribution in [-0.2, 0) is 23.9 Å². The number of hydrogen-bond acceptors (Lipinski definition) is 6. The van der Waals surface area contributed by atoms with Gasteiger partial charge in [0.2, 0.25) is 5.91 Å². The highest BCUT2D eigenvalue weighted by atomic mass is 16.5. The molecular weight excluding hydrogens is 252 g/mol. The zero-order valence-electron chi connectivity index (χ0n) is 11.0. The third-order valence-electron chi connectivity index (χ3n) is 2.33. The van der Waals surface area contributed by atoms with E-state index in [-0.39, 0.29) is 19.3 Å². The molecule has 0 fully saturated rings. The molecule has 0 rings (SSSR count). The number of carbonyl (C=O) groups is 3. The molecule has 0 heterocycles. The lowest BCUT2D eigenvalue weighted by molar-refractivity contribution is -0.145. The average Bonchev–Trinajstić information content (AvgIpc) is 2.42. The second-order valence-electron chi connectivity index (χ2n) is 3.72. The van der Waals surface area contributed by atoms with Crippen LogP contribution in [0.25, 0.3) is 0 Å². The summed E-state index contributed by atoms with van der Waals surface area (Å²) in [6, 6.07) is -1.77. The SMILES string of the molecule is C#CCC(NC(=O)CC[C@H](N)C(=O)OC)C(=O)OC. The molecule has 0 aliphatic carbocycles. The Morgan fingerprint density at radius 2 is 1.84 bits per heavy atom. The van der Waals surface area contributed by atoms with Crippen LogP contribution in [0.3, 0.4) is 0 Å². The summed E-state index contributed by atoms with van der Waals surface area (Å²) < 4.78 is 8.92. The molecule has 0 aliphatic heterocycles. The van der Waals surface area contributed by atoms with Gasteiger partial charge in [-0.15, -0.1) is 12.3 Å². The Morgan fingerprint density at radius 1 is 1.26 bits per heavy atom. The maximum atomic E-state index is 11.6. The van der Waals surface area contributed by atoms with Crippen molar-refractivity contribution in [3.63, 3.8) is 0 Å². The largest absolute Gasteiger partial charge is 0.468 e. The molecule has 0 aromatic rings. The van der Waals surface area contributed by atoms with Crippen molar-refractivity contribution in [1.29, 1.82) is 0 Å². The molecule has 0 aromatic heterocycles. The fourth-order valence-electron chi connectivity index (χ4n) is 1.28. The maximum Gasteiger partial charge on any atom is 0.329 e. The van der Waals surface area contributed by atoms with Gasteiger partial charge in [-0.1, -0.05) is 0 Å². The molecule has 0 spiro atoms. The van der Waals surface area contributed by atoms with Crippen molar-refractivity contribution >= 4 is 17.8 Å². The predicted octanol–water partition coefficient (Wildman–Crippen LogP) is -1.05. The molecule has 0 saturated heterocycles. The van der Waals surface area contributed by atoms with Crippen LogP contribution in [0.2, 0.25) is 0 Å². The van der Waals surface area contributed by atoms with Crippen LogP contribution >= 0.6 is 0 Å². The van der Waals surface area contributed by atoms with Crippen molar-refractivity contribution in [2.45, 2.75) is 31.3 Å². The van der Waals surface area contributed by atoms with Gasteiger partial charge in [0.15, 0.2) is 0 Å². The lowest BCUT2D eigenvalue weighted by Gasteiger charge is -2.14. The summed E-state index contributed by atoms with van der Waals surface area (Å²) in [6.07, 6.45) is 5.21. The van der Waals surface area contributed by atoms with Crippen molar-refractivity contribution in [3.8, 4) is 12.3 Å². The number of nitrogens with one attached hydrogen (secondary N) is 1. The van der Waals surface area contributed by atoms with Crippen molar-refractivity contribution in [2.75, 3.05) is 14.2 Å². The van der Waals surface area contributed by atoms with E-state index in [4.69, 9.17) is 12.2 Å². The Morgan fingerprint density at radius 3 is 2.32 bits per heavy atom. The first-order chi connectivity index (χ1) is 8.96. The van der Waals surface area contributed by atoms with Crippen LogP contribution in [0.5, 0.6) is 0 Å². The van der Waals surface area contributed by atoms with Gasteiger partial charge in [-0.05, 0) is 6.42 Å². The van der Waals surface area contributed by atoms with E-state index in [0.717, 1.165) is 0 Å². The summed E-state index contributed by atoms with van der Waals surface area (Å²) in [5.41, 5.74) is 5.47. The van der Waals surface area contributed by atoms with E-state index in [1.807, 2.05) is 0 Å². The minimum Gasteiger partial charge on any atom is -0.468 e. The summed E-state index contributed by atoms with van der Waals surface area (Å²) in [5, 5.41) is 2.42. The van der Waals surface area contributed by atoms with Crippen LogP contribution in [0.15, 0.2) is 0 Å². The first-order valence-corrected chi connectivity index (χ1v) is 5.60. The molecule has 0 bridgehead atoms. The Hall–Kier alpha value is -2.07. The van der Waals surface area contributed by atoms with Crippen LogP contribution in [0.1, 0.15) is 19.3 Å². The van der Waals surface area contributed by atoms with Gasteiger partial charge in [0.1, 0.15) is 12.1 Å². The van der Waals surface area contributed by atoms with Crippen LogP contribution in [-0.4, -0.2) is 44.1 Å². The minimum atomic E-state index is -0.892. The second-order valence-corrected chi connectivity index (χ2v) is 3.72. The summed E-state index contributed by atoms with van der Waals surface area (Å²) >= 11 is 0. The number of rotatable bonds is 7. The Balaban J connectivity index is 4.24. The maximum absolute atomic E-state index is 11.6. The van der Waals surface area contributed by atoms with Crippen molar-refractivity contribution < 1.29 is 23.9 Å². The molecular formula is C12H18N2O5. The van der Waals surface area contributed by atoms with Gasteiger partial charge >= 0.3 is 11.9 Å². The van der Waals surface area contributed by atoms with E-state index < -0.39 is 29.9 Å². The van der Waals surface area contributed by atoms with Crippen molar-refractivity contribution in [3.05, 3.63) is 0 Å². The summed E-state index contributed by atoms with van der Waals surface area (Å²) in [6.45, 7) is 0. The summed E-state index contributed by atoms with van der Waals surface area (Å²) in [7, 11) is 2.41. The lowest BCUT2D eigenvalue weighted by Crippen LogP contribution is -2.42. The van der Waals surface area contributed by atoms with Crippen LogP contribution < -0.4 is 11.1 Å². The van der Waals surface area contributed by atoms with E-state index in [9.17, 15) is 14.4 Å². The van der Waals surface area contributed by atoms with E-state index >= 15 is 0 Å². The molecule has 106 valence electrons. The molecule has 0 aromatic carbocycles. The molecule has 0 saturated carbocycles. The number of carbonyl (C=O) groups excluding carboxylic acids is 3. The topological polar surface area (TPSA) is 108 Å². The number of methoxy groups -OCH3 is 2. The van der Waals surface area contributed by atoms with Crippen LogP contribution in [0.4, 0.5) is 0 Å². The van der Waals surface area contributed by atoms with Gasteiger partial charge in [0.25, 0.3) is 0 Å². The molecule has 3 N–H and O–H groups in total. The fraction of sp³-hybridized carbons (Fsp3) is 0.583. The monoisotopic (exact) mass is 270 g/mol.